The van der Waals surface area contributed by atoms with Crippen LogP contribution < -0.4 is 5.32 Å². The fraction of sp³-hybridized carbons (Fsp3) is 0.929. The predicted octanol–water partition coefficient (Wildman–Crippen LogP) is 1.88. The second-order valence-corrected chi connectivity index (χ2v) is 6.32. The zero-order valence-electron chi connectivity index (χ0n) is 11.6. The molecule has 0 aromatic carbocycles. The van der Waals surface area contributed by atoms with Crippen molar-refractivity contribution in [2.45, 2.75) is 46.1 Å². The van der Waals surface area contributed by atoms with E-state index >= 15 is 0 Å². The van der Waals surface area contributed by atoms with E-state index in [2.05, 4.69) is 37.9 Å². The van der Waals surface area contributed by atoms with Gasteiger partial charge >= 0.3 is 0 Å². The Morgan fingerprint density at radius 3 is 2.76 bits per heavy atom. The standard InChI is InChI=1S/C14H26N2O/c1-5-6-10(2)13(17)16-9-11-7-15-8-12(11)14(16,3)4/h10-12,15H,5-9H2,1-4H3. The Bertz CT molecular complexity index is 301. The zero-order chi connectivity index (χ0) is 12.6. The average Bonchev–Trinajstić information content (AvgIpc) is 2.81. The minimum Gasteiger partial charge on any atom is -0.337 e. The summed E-state index contributed by atoms with van der Waals surface area (Å²) in [6.45, 7) is 11.8. The van der Waals surface area contributed by atoms with E-state index in [-0.39, 0.29) is 11.5 Å². The van der Waals surface area contributed by atoms with Gasteiger partial charge in [-0.3, -0.25) is 4.79 Å². The molecule has 2 saturated heterocycles. The van der Waals surface area contributed by atoms with Crippen molar-refractivity contribution in [1.29, 1.82) is 0 Å². The molecule has 0 saturated carbocycles. The summed E-state index contributed by atoms with van der Waals surface area (Å²) in [6, 6.07) is 0. The molecule has 2 aliphatic rings. The minimum atomic E-state index is 0.0350. The van der Waals surface area contributed by atoms with Crippen LogP contribution in [0.4, 0.5) is 0 Å². The quantitative estimate of drug-likeness (QED) is 0.814. The van der Waals surface area contributed by atoms with E-state index in [1.165, 1.54) is 0 Å². The zero-order valence-corrected chi connectivity index (χ0v) is 11.6. The second-order valence-electron chi connectivity index (χ2n) is 6.32. The lowest BCUT2D eigenvalue weighted by atomic mass is 9.84. The highest BCUT2D eigenvalue weighted by Crippen LogP contribution is 2.41. The third-order valence-corrected chi connectivity index (χ3v) is 4.77. The van der Waals surface area contributed by atoms with Gasteiger partial charge < -0.3 is 10.2 Å². The Labute approximate surface area is 105 Å². The highest BCUT2D eigenvalue weighted by Gasteiger charge is 2.51. The van der Waals surface area contributed by atoms with Crippen molar-refractivity contribution < 1.29 is 4.79 Å². The van der Waals surface area contributed by atoms with Crippen molar-refractivity contribution >= 4 is 5.91 Å². The van der Waals surface area contributed by atoms with E-state index in [0.717, 1.165) is 32.5 Å². The van der Waals surface area contributed by atoms with E-state index in [4.69, 9.17) is 0 Å². The molecule has 3 nitrogen and oxygen atoms in total. The maximum Gasteiger partial charge on any atom is 0.225 e. The van der Waals surface area contributed by atoms with Crippen LogP contribution in [-0.4, -0.2) is 36.0 Å². The van der Waals surface area contributed by atoms with Gasteiger partial charge in [-0.25, -0.2) is 0 Å². The van der Waals surface area contributed by atoms with Gasteiger partial charge in [-0.1, -0.05) is 20.3 Å². The first-order valence-corrected chi connectivity index (χ1v) is 7.00. The molecule has 0 radical (unpaired) electrons. The molecule has 2 rings (SSSR count). The van der Waals surface area contributed by atoms with Crippen molar-refractivity contribution in [3.63, 3.8) is 0 Å². The van der Waals surface area contributed by atoms with Crippen LogP contribution in [0.25, 0.3) is 0 Å². The first kappa shape index (κ1) is 12.9. The number of nitrogens with one attached hydrogen (secondary N) is 1. The summed E-state index contributed by atoms with van der Waals surface area (Å²) >= 11 is 0. The summed E-state index contributed by atoms with van der Waals surface area (Å²) in [4.78, 5) is 14.6. The third kappa shape index (κ3) is 2.10. The summed E-state index contributed by atoms with van der Waals surface area (Å²) < 4.78 is 0. The molecular formula is C14H26N2O. The Hall–Kier alpha value is -0.570. The molecule has 0 aliphatic carbocycles. The number of amides is 1. The molecule has 0 spiro atoms. The maximum absolute atomic E-state index is 12.5. The third-order valence-electron chi connectivity index (χ3n) is 4.77. The Balaban J connectivity index is 2.09. The van der Waals surface area contributed by atoms with Gasteiger partial charge in [0.15, 0.2) is 0 Å². The van der Waals surface area contributed by atoms with Gasteiger partial charge in [0.05, 0.1) is 0 Å². The summed E-state index contributed by atoms with van der Waals surface area (Å²) in [6.07, 6.45) is 2.11. The van der Waals surface area contributed by atoms with Crippen LogP contribution in [-0.2, 0) is 4.79 Å². The van der Waals surface area contributed by atoms with Crippen LogP contribution in [0.15, 0.2) is 0 Å². The molecule has 0 aromatic heterocycles. The van der Waals surface area contributed by atoms with Crippen molar-refractivity contribution in [1.82, 2.24) is 10.2 Å². The van der Waals surface area contributed by atoms with Gasteiger partial charge in [0.1, 0.15) is 0 Å². The Morgan fingerprint density at radius 2 is 2.18 bits per heavy atom. The number of fused-ring (bicyclic) bond motifs is 1. The number of hydrogen-bond donors (Lipinski definition) is 1. The lowest BCUT2D eigenvalue weighted by Gasteiger charge is -2.37. The molecule has 0 aromatic rings. The fourth-order valence-electron chi connectivity index (χ4n) is 3.62. The van der Waals surface area contributed by atoms with Crippen molar-refractivity contribution in [3.8, 4) is 0 Å². The number of nitrogens with zero attached hydrogens (tertiary/aromatic N) is 1. The Morgan fingerprint density at radius 1 is 1.47 bits per heavy atom. The molecule has 1 N–H and O–H groups in total. The van der Waals surface area contributed by atoms with E-state index < -0.39 is 0 Å². The molecule has 3 heteroatoms. The highest BCUT2D eigenvalue weighted by molar-refractivity contribution is 5.79. The monoisotopic (exact) mass is 238 g/mol. The van der Waals surface area contributed by atoms with Crippen LogP contribution in [0.1, 0.15) is 40.5 Å². The van der Waals surface area contributed by atoms with Crippen molar-refractivity contribution in [2.24, 2.45) is 17.8 Å². The smallest absolute Gasteiger partial charge is 0.225 e. The van der Waals surface area contributed by atoms with Crippen LogP contribution >= 0.6 is 0 Å². The minimum absolute atomic E-state index is 0.0350. The molecule has 0 bridgehead atoms. The van der Waals surface area contributed by atoms with E-state index in [1.807, 2.05) is 0 Å². The lowest BCUT2D eigenvalue weighted by molar-refractivity contribution is -0.139. The Kier molecular flexibility index (Phi) is 3.48. The second kappa shape index (κ2) is 4.60. The van der Waals surface area contributed by atoms with Gasteiger partial charge in [0.2, 0.25) is 5.91 Å². The van der Waals surface area contributed by atoms with Crippen LogP contribution in [0, 0.1) is 17.8 Å². The number of carbonyl (C=O) groups excluding carboxylic acids is 1. The first-order valence-electron chi connectivity index (χ1n) is 7.00. The van der Waals surface area contributed by atoms with Crippen LogP contribution in [0.3, 0.4) is 0 Å². The number of hydrogen-bond acceptors (Lipinski definition) is 2. The fourth-order valence-corrected chi connectivity index (χ4v) is 3.62. The summed E-state index contributed by atoms with van der Waals surface area (Å²) in [5.41, 5.74) is 0.0350. The molecule has 1 amide bonds. The molecule has 2 heterocycles. The number of carbonyl (C=O) groups is 1. The van der Waals surface area contributed by atoms with Crippen LogP contribution in [0.5, 0.6) is 0 Å². The van der Waals surface area contributed by atoms with E-state index in [9.17, 15) is 4.79 Å². The molecule has 98 valence electrons. The molecular weight excluding hydrogens is 212 g/mol. The van der Waals surface area contributed by atoms with Crippen LogP contribution in [0.2, 0.25) is 0 Å². The number of likely N-dealkylation sites (tertiary alicyclic amines) is 1. The van der Waals surface area contributed by atoms with Gasteiger partial charge in [-0.15, -0.1) is 0 Å². The van der Waals surface area contributed by atoms with Gasteiger partial charge in [0.25, 0.3) is 0 Å². The topological polar surface area (TPSA) is 32.3 Å². The lowest BCUT2D eigenvalue weighted by Crippen LogP contribution is -2.49. The largest absolute Gasteiger partial charge is 0.337 e. The van der Waals surface area contributed by atoms with E-state index in [1.54, 1.807) is 0 Å². The average molecular weight is 238 g/mol. The van der Waals surface area contributed by atoms with Gasteiger partial charge in [-0.2, -0.15) is 0 Å². The molecule has 2 aliphatic heterocycles. The summed E-state index contributed by atoms with van der Waals surface area (Å²) in [5.74, 6) is 1.86. The molecule has 2 fully saturated rings. The normalized spacial score (nSPS) is 32.6. The van der Waals surface area contributed by atoms with Crippen molar-refractivity contribution in [2.75, 3.05) is 19.6 Å². The molecule has 17 heavy (non-hydrogen) atoms. The van der Waals surface area contributed by atoms with Gasteiger partial charge in [-0.05, 0) is 32.1 Å². The van der Waals surface area contributed by atoms with Crippen molar-refractivity contribution in [3.05, 3.63) is 0 Å². The number of rotatable bonds is 3. The highest BCUT2D eigenvalue weighted by atomic mass is 16.2. The first-order chi connectivity index (χ1) is 7.98. The maximum atomic E-state index is 12.5. The van der Waals surface area contributed by atoms with E-state index in [0.29, 0.717) is 17.7 Å². The molecule has 3 atom stereocenters. The SMILES string of the molecule is CCCC(C)C(=O)N1CC2CNCC2C1(C)C. The molecule has 3 unspecified atom stereocenters. The predicted molar refractivity (Wildman–Crippen MR) is 69.7 cm³/mol. The van der Waals surface area contributed by atoms with Gasteiger partial charge in [0, 0.05) is 31.1 Å². The summed E-state index contributed by atoms with van der Waals surface area (Å²) in [5, 5.41) is 3.46. The summed E-state index contributed by atoms with van der Waals surface area (Å²) in [7, 11) is 0.